The molecule has 0 amide bonds. The zero-order valence-electron chi connectivity index (χ0n) is 11.8. The lowest BCUT2D eigenvalue weighted by Crippen LogP contribution is -2.46. The molecule has 0 aliphatic carbocycles. The molecular formula is C16H20N4. The molecule has 0 bridgehead atoms. The topological polar surface area (TPSA) is 45.4 Å². The molecule has 1 aromatic heterocycles. The first kappa shape index (κ1) is 12.8. The van der Waals surface area contributed by atoms with Crippen molar-refractivity contribution in [3.8, 4) is 0 Å². The molecule has 0 unspecified atom stereocenters. The number of hydrogen-bond donors (Lipinski definition) is 1. The minimum Gasteiger partial charge on any atom is -0.399 e. The van der Waals surface area contributed by atoms with E-state index in [9.17, 15) is 0 Å². The van der Waals surface area contributed by atoms with Gasteiger partial charge >= 0.3 is 0 Å². The third-order valence-electron chi connectivity index (χ3n) is 3.85. The number of nitrogens with zero attached hydrogens (tertiary/aromatic N) is 3. The van der Waals surface area contributed by atoms with Crippen LogP contribution in [0.2, 0.25) is 0 Å². The van der Waals surface area contributed by atoms with Gasteiger partial charge in [0.15, 0.2) is 0 Å². The van der Waals surface area contributed by atoms with Gasteiger partial charge in [0, 0.05) is 55.6 Å². The molecule has 1 aliphatic heterocycles. The summed E-state index contributed by atoms with van der Waals surface area (Å²) in [6.45, 7) is 6.21. The minimum atomic E-state index is 0.829. The fourth-order valence-electron chi connectivity index (χ4n) is 2.75. The van der Waals surface area contributed by atoms with Crippen LogP contribution >= 0.6 is 0 Å². The van der Waals surface area contributed by atoms with Crippen molar-refractivity contribution in [3.63, 3.8) is 0 Å². The van der Waals surface area contributed by atoms with Crippen molar-refractivity contribution in [1.82, 2.24) is 4.98 Å². The summed E-state index contributed by atoms with van der Waals surface area (Å²) in [5, 5.41) is 0. The summed E-state index contributed by atoms with van der Waals surface area (Å²) < 4.78 is 0. The zero-order valence-corrected chi connectivity index (χ0v) is 11.8. The molecule has 2 heterocycles. The number of piperazine rings is 1. The highest BCUT2D eigenvalue weighted by molar-refractivity contribution is 5.58. The van der Waals surface area contributed by atoms with Gasteiger partial charge in [-0.15, -0.1) is 0 Å². The van der Waals surface area contributed by atoms with Crippen molar-refractivity contribution < 1.29 is 0 Å². The molecule has 1 aliphatic rings. The van der Waals surface area contributed by atoms with Crippen LogP contribution in [0.5, 0.6) is 0 Å². The Morgan fingerprint density at radius 2 is 1.80 bits per heavy atom. The van der Waals surface area contributed by atoms with Gasteiger partial charge in [0.05, 0.1) is 0 Å². The van der Waals surface area contributed by atoms with Crippen LogP contribution in [0, 0.1) is 6.92 Å². The summed E-state index contributed by atoms with van der Waals surface area (Å²) in [5.74, 6) is 0. The Morgan fingerprint density at radius 3 is 2.50 bits per heavy atom. The average Bonchev–Trinajstić information content (AvgIpc) is 2.48. The molecule has 0 radical (unpaired) electrons. The van der Waals surface area contributed by atoms with E-state index in [1.165, 1.54) is 16.9 Å². The predicted molar refractivity (Wildman–Crippen MR) is 84.3 cm³/mol. The minimum absolute atomic E-state index is 0.829. The molecule has 4 heteroatoms. The summed E-state index contributed by atoms with van der Waals surface area (Å²) in [4.78, 5) is 8.98. The monoisotopic (exact) mass is 268 g/mol. The van der Waals surface area contributed by atoms with Crippen LogP contribution in [-0.4, -0.2) is 31.2 Å². The molecule has 1 saturated heterocycles. The van der Waals surface area contributed by atoms with E-state index in [-0.39, 0.29) is 0 Å². The van der Waals surface area contributed by atoms with Crippen LogP contribution in [0.25, 0.3) is 0 Å². The van der Waals surface area contributed by atoms with Crippen LogP contribution in [0.15, 0.2) is 42.7 Å². The Balaban J connectivity index is 1.70. The van der Waals surface area contributed by atoms with Gasteiger partial charge in [-0.2, -0.15) is 0 Å². The van der Waals surface area contributed by atoms with Gasteiger partial charge in [0.25, 0.3) is 0 Å². The third-order valence-corrected chi connectivity index (χ3v) is 3.85. The highest BCUT2D eigenvalue weighted by Crippen LogP contribution is 2.23. The normalized spacial score (nSPS) is 15.4. The van der Waals surface area contributed by atoms with E-state index in [0.717, 1.165) is 31.9 Å². The van der Waals surface area contributed by atoms with E-state index in [1.54, 1.807) is 0 Å². The largest absolute Gasteiger partial charge is 0.399 e. The number of rotatable bonds is 2. The molecule has 104 valence electrons. The Morgan fingerprint density at radius 1 is 1.05 bits per heavy atom. The Bertz CT molecular complexity index is 589. The van der Waals surface area contributed by atoms with Crippen molar-refractivity contribution in [3.05, 3.63) is 48.3 Å². The van der Waals surface area contributed by atoms with Crippen molar-refractivity contribution in [2.75, 3.05) is 41.7 Å². The Kier molecular flexibility index (Phi) is 3.46. The second kappa shape index (κ2) is 5.41. The predicted octanol–water partition coefficient (Wildman–Crippen LogP) is 2.30. The number of nitrogens with two attached hydrogens (primary N) is 1. The number of hydrogen-bond acceptors (Lipinski definition) is 4. The lowest BCUT2D eigenvalue weighted by Gasteiger charge is -2.38. The van der Waals surface area contributed by atoms with Crippen molar-refractivity contribution >= 4 is 17.1 Å². The summed E-state index contributed by atoms with van der Waals surface area (Å²) in [7, 11) is 0. The maximum Gasteiger partial charge on any atom is 0.0428 e. The molecule has 0 saturated carbocycles. The van der Waals surface area contributed by atoms with Gasteiger partial charge in [0.2, 0.25) is 0 Å². The number of aryl methyl sites for hydroxylation is 1. The smallest absolute Gasteiger partial charge is 0.0428 e. The number of benzene rings is 1. The van der Waals surface area contributed by atoms with E-state index in [0.29, 0.717) is 0 Å². The molecule has 20 heavy (non-hydrogen) atoms. The van der Waals surface area contributed by atoms with Gasteiger partial charge in [-0.25, -0.2) is 0 Å². The van der Waals surface area contributed by atoms with Crippen molar-refractivity contribution in [2.45, 2.75) is 6.92 Å². The first-order valence-electron chi connectivity index (χ1n) is 7.00. The van der Waals surface area contributed by atoms with E-state index in [4.69, 9.17) is 5.73 Å². The van der Waals surface area contributed by atoms with E-state index >= 15 is 0 Å². The van der Waals surface area contributed by atoms with Gasteiger partial charge < -0.3 is 15.5 Å². The van der Waals surface area contributed by atoms with Crippen LogP contribution in [0.1, 0.15) is 5.56 Å². The summed E-state index contributed by atoms with van der Waals surface area (Å²) in [6, 6.07) is 10.2. The molecule has 1 fully saturated rings. The second-order valence-electron chi connectivity index (χ2n) is 5.23. The second-order valence-corrected chi connectivity index (χ2v) is 5.23. The fourth-order valence-corrected chi connectivity index (χ4v) is 2.75. The van der Waals surface area contributed by atoms with Crippen molar-refractivity contribution in [1.29, 1.82) is 0 Å². The van der Waals surface area contributed by atoms with Gasteiger partial charge in [-0.3, -0.25) is 4.98 Å². The lowest BCUT2D eigenvalue weighted by molar-refractivity contribution is 0.652. The Hall–Kier alpha value is -2.23. The van der Waals surface area contributed by atoms with Gasteiger partial charge in [0.1, 0.15) is 0 Å². The molecule has 0 atom stereocenters. The van der Waals surface area contributed by atoms with Crippen molar-refractivity contribution in [2.24, 2.45) is 0 Å². The average molecular weight is 268 g/mol. The standard InChI is InChI=1S/C16H20N4/c1-13-12-18-6-5-16(13)20-9-7-19(8-10-20)15-4-2-3-14(17)11-15/h2-6,11-12H,7-10,17H2,1H3. The maximum absolute atomic E-state index is 5.86. The number of pyridine rings is 1. The summed E-state index contributed by atoms with van der Waals surface area (Å²) >= 11 is 0. The van der Waals surface area contributed by atoms with E-state index in [2.05, 4.69) is 33.8 Å². The molecule has 2 N–H and O–H groups in total. The molecule has 4 nitrogen and oxygen atoms in total. The number of aromatic nitrogens is 1. The third kappa shape index (κ3) is 2.54. The maximum atomic E-state index is 5.86. The lowest BCUT2D eigenvalue weighted by atomic mass is 10.2. The molecule has 3 rings (SSSR count). The molecule has 2 aromatic rings. The van der Waals surface area contributed by atoms with Gasteiger partial charge in [-0.05, 0) is 36.8 Å². The Labute approximate surface area is 119 Å². The molecule has 0 spiro atoms. The first-order chi connectivity index (χ1) is 9.74. The van der Waals surface area contributed by atoms with E-state index < -0.39 is 0 Å². The van der Waals surface area contributed by atoms with Crippen LogP contribution < -0.4 is 15.5 Å². The van der Waals surface area contributed by atoms with Crippen LogP contribution in [0.4, 0.5) is 17.1 Å². The van der Waals surface area contributed by atoms with E-state index in [1.807, 2.05) is 30.6 Å². The van der Waals surface area contributed by atoms with Crippen LogP contribution in [0.3, 0.4) is 0 Å². The molecular weight excluding hydrogens is 248 g/mol. The highest BCUT2D eigenvalue weighted by atomic mass is 15.3. The fraction of sp³-hybridized carbons (Fsp3) is 0.312. The number of nitrogen functional groups attached to an aromatic ring is 1. The zero-order chi connectivity index (χ0) is 13.9. The molecule has 1 aromatic carbocycles. The summed E-state index contributed by atoms with van der Waals surface area (Å²) in [6.07, 6.45) is 3.80. The highest BCUT2D eigenvalue weighted by Gasteiger charge is 2.18. The SMILES string of the molecule is Cc1cnccc1N1CCN(c2cccc(N)c2)CC1. The first-order valence-corrected chi connectivity index (χ1v) is 7.00. The summed E-state index contributed by atoms with van der Waals surface area (Å²) in [5.41, 5.74) is 10.4. The quantitative estimate of drug-likeness (QED) is 0.849. The van der Waals surface area contributed by atoms with Crippen LogP contribution in [-0.2, 0) is 0 Å². The number of anilines is 3. The van der Waals surface area contributed by atoms with Gasteiger partial charge in [-0.1, -0.05) is 6.07 Å².